The van der Waals surface area contributed by atoms with Crippen molar-refractivity contribution in [1.29, 1.82) is 0 Å². The summed E-state index contributed by atoms with van der Waals surface area (Å²) in [6, 6.07) is 2.43. The van der Waals surface area contributed by atoms with Crippen LogP contribution in [0.3, 0.4) is 0 Å². The Bertz CT molecular complexity index is 742. The molecule has 0 aliphatic rings. The van der Waals surface area contributed by atoms with Gasteiger partial charge in [0.2, 0.25) is 0 Å². The number of nitrogens with one attached hydrogen (secondary N) is 1. The number of rotatable bonds is 5. The average molecular weight is 284 g/mol. The molecule has 0 aromatic carbocycles. The highest BCUT2D eigenvalue weighted by Gasteiger charge is 2.08. The van der Waals surface area contributed by atoms with Crippen LogP contribution in [0.1, 0.15) is 24.0 Å². The van der Waals surface area contributed by atoms with Crippen LogP contribution < -0.4 is 5.32 Å². The van der Waals surface area contributed by atoms with Gasteiger partial charge in [-0.25, -0.2) is 4.98 Å². The monoisotopic (exact) mass is 284 g/mol. The van der Waals surface area contributed by atoms with Gasteiger partial charge in [0.1, 0.15) is 0 Å². The SMILES string of the molecule is Cc1cc(C)n(CC(C)NCc2cnc3cnccn23)n1. The summed E-state index contributed by atoms with van der Waals surface area (Å²) in [5.74, 6) is 0. The lowest BCUT2D eigenvalue weighted by molar-refractivity contribution is 0.441. The van der Waals surface area contributed by atoms with E-state index < -0.39 is 0 Å². The summed E-state index contributed by atoms with van der Waals surface area (Å²) in [4.78, 5) is 8.41. The van der Waals surface area contributed by atoms with E-state index in [4.69, 9.17) is 0 Å². The molecule has 1 unspecified atom stereocenters. The molecule has 110 valence electrons. The third kappa shape index (κ3) is 2.95. The fraction of sp³-hybridized carbons (Fsp3) is 0.400. The van der Waals surface area contributed by atoms with Gasteiger partial charge in [-0.3, -0.25) is 14.1 Å². The van der Waals surface area contributed by atoms with Crippen molar-refractivity contribution in [2.24, 2.45) is 0 Å². The average Bonchev–Trinajstić information content (AvgIpc) is 3.00. The zero-order chi connectivity index (χ0) is 14.8. The molecule has 0 bridgehead atoms. The number of aryl methyl sites for hydroxylation is 2. The number of fused-ring (bicyclic) bond motifs is 1. The summed E-state index contributed by atoms with van der Waals surface area (Å²) in [6.45, 7) is 7.91. The second-order valence-electron chi connectivity index (χ2n) is 5.45. The summed E-state index contributed by atoms with van der Waals surface area (Å²) in [6.07, 6.45) is 7.37. The standard InChI is InChI=1S/C15H20N6/c1-11-6-13(3)21(19-11)10-12(2)17-7-14-8-18-15-9-16-4-5-20(14)15/h4-6,8-9,12,17H,7,10H2,1-3H3. The first-order valence-electron chi connectivity index (χ1n) is 7.14. The van der Waals surface area contributed by atoms with E-state index in [-0.39, 0.29) is 0 Å². The molecular weight excluding hydrogens is 264 g/mol. The van der Waals surface area contributed by atoms with E-state index in [1.165, 1.54) is 5.69 Å². The number of imidazole rings is 1. The van der Waals surface area contributed by atoms with Crippen LogP contribution in [0.4, 0.5) is 0 Å². The van der Waals surface area contributed by atoms with Gasteiger partial charge in [-0.1, -0.05) is 0 Å². The molecule has 3 aromatic rings. The van der Waals surface area contributed by atoms with Crippen LogP contribution in [0.5, 0.6) is 0 Å². The first-order valence-corrected chi connectivity index (χ1v) is 7.14. The maximum atomic E-state index is 4.50. The largest absolute Gasteiger partial charge is 0.307 e. The van der Waals surface area contributed by atoms with Crippen LogP contribution in [-0.4, -0.2) is 30.2 Å². The topological polar surface area (TPSA) is 60.0 Å². The smallest absolute Gasteiger partial charge is 0.155 e. The first kappa shape index (κ1) is 13.8. The fourth-order valence-corrected chi connectivity index (χ4v) is 2.49. The summed E-state index contributed by atoms with van der Waals surface area (Å²) >= 11 is 0. The van der Waals surface area contributed by atoms with Gasteiger partial charge >= 0.3 is 0 Å². The zero-order valence-corrected chi connectivity index (χ0v) is 12.6. The van der Waals surface area contributed by atoms with E-state index in [9.17, 15) is 0 Å². The molecule has 6 heteroatoms. The second-order valence-corrected chi connectivity index (χ2v) is 5.45. The Morgan fingerprint density at radius 3 is 2.90 bits per heavy atom. The predicted molar refractivity (Wildman–Crippen MR) is 81.0 cm³/mol. The molecule has 0 saturated heterocycles. The van der Waals surface area contributed by atoms with Crippen molar-refractivity contribution >= 4 is 5.65 Å². The first-order chi connectivity index (χ1) is 10.1. The van der Waals surface area contributed by atoms with Crippen LogP contribution in [0.15, 0.2) is 30.9 Å². The molecule has 0 aliphatic carbocycles. The number of aromatic nitrogens is 5. The molecule has 3 heterocycles. The second kappa shape index (κ2) is 5.65. The molecule has 1 N–H and O–H groups in total. The minimum absolute atomic E-state index is 0.329. The van der Waals surface area contributed by atoms with Crippen molar-refractivity contribution in [2.75, 3.05) is 0 Å². The summed E-state index contributed by atoms with van der Waals surface area (Å²) in [5.41, 5.74) is 4.27. The minimum Gasteiger partial charge on any atom is -0.307 e. The quantitative estimate of drug-likeness (QED) is 0.775. The maximum Gasteiger partial charge on any atom is 0.155 e. The lowest BCUT2D eigenvalue weighted by Gasteiger charge is -2.14. The molecule has 0 radical (unpaired) electrons. The van der Waals surface area contributed by atoms with Gasteiger partial charge in [0.15, 0.2) is 5.65 Å². The predicted octanol–water partition coefficient (Wildman–Crippen LogP) is 1.72. The van der Waals surface area contributed by atoms with E-state index in [0.29, 0.717) is 6.04 Å². The number of nitrogens with zero attached hydrogens (tertiary/aromatic N) is 5. The van der Waals surface area contributed by atoms with E-state index in [1.54, 1.807) is 12.4 Å². The highest BCUT2D eigenvalue weighted by molar-refractivity contribution is 5.36. The summed E-state index contributed by atoms with van der Waals surface area (Å²) < 4.78 is 4.10. The maximum absolute atomic E-state index is 4.50. The fourth-order valence-electron chi connectivity index (χ4n) is 2.49. The highest BCUT2D eigenvalue weighted by atomic mass is 15.3. The molecule has 0 amide bonds. The molecule has 0 saturated carbocycles. The molecule has 3 rings (SSSR count). The Balaban J connectivity index is 1.63. The van der Waals surface area contributed by atoms with E-state index >= 15 is 0 Å². The van der Waals surface area contributed by atoms with Crippen LogP contribution >= 0.6 is 0 Å². The normalized spacial score (nSPS) is 12.9. The van der Waals surface area contributed by atoms with E-state index in [2.05, 4.69) is 44.7 Å². The lowest BCUT2D eigenvalue weighted by atomic mass is 10.3. The van der Waals surface area contributed by atoms with Crippen molar-refractivity contribution in [3.63, 3.8) is 0 Å². The van der Waals surface area contributed by atoms with Crippen molar-refractivity contribution in [1.82, 2.24) is 29.5 Å². The van der Waals surface area contributed by atoms with Gasteiger partial charge < -0.3 is 5.32 Å². The van der Waals surface area contributed by atoms with Crippen LogP contribution in [-0.2, 0) is 13.1 Å². The lowest BCUT2D eigenvalue weighted by Crippen LogP contribution is -2.31. The minimum atomic E-state index is 0.329. The van der Waals surface area contributed by atoms with Gasteiger partial charge in [-0.2, -0.15) is 5.10 Å². The van der Waals surface area contributed by atoms with E-state index in [1.807, 2.05) is 24.0 Å². The zero-order valence-electron chi connectivity index (χ0n) is 12.6. The Morgan fingerprint density at radius 2 is 2.14 bits per heavy atom. The Hall–Kier alpha value is -2.21. The summed E-state index contributed by atoms with van der Waals surface area (Å²) in [5, 5.41) is 8.02. The van der Waals surface area contributed by atoms with E-state index in [0.717, 1.165) is 30.1 Å². The highest BCUT2D eigenvalue weighted by Crippen LogP contribution is 2.06. The molecule has 21 heavy (non-hydrogen) atoms. The molecule has 0 aliphatic heterocycles. The molecule has 1 atom stereocenters. The molecule has 0 fully saturated rings. The van der Waals surface area contributed by atoms with Crippen molar-refractivity contribution < 1.29 is 0 Å². The molecule has 6 nitrogen and oxygen atoms in total. The van der Waals surface area contributed by atoms with Crippen molar-refractivity contribution in [3.8, 4) is 0 Å². The molecular formula is C15H20N6. The van der Waals surface area contributed by atoms with Crippen LogP contribution in [0.25, 0.3) is 5.65 Å². The third-order valence-corrected chi connectivity index (χ3v) is 3.58. The number of hydrogen-bond donors (Lipinski definition) is 1. The van der Waals surface area contributed by atoms with Gasteiger partial charge in [0.05, 0.1) is 30.3 Å². The third-order valence-electron chi connectivity index (χ3n) is 3.58. The van der Waals surface area contributed by atoms with Gasteiger partial charge in [0.25, 0.3) is 0 Å². The van der Waals surface area contributed by atoms with Gasteiger partial charge in [-0.15, -0.1) is 0 Å². The molecule has 3 aromatic heterocycles. The van der Waals surface area contributed by atoms with Crippen LogP contribution in [0.2, 0.25) is 0 Å². The number of hydrogen-bond acceptors (Lipinski definition) is 4. The Labute approximate surface area is 123 Å². The Morgan fingerprint density at radius 1 is 1.29 bits per heavy atom. The van der Waals surface area contributed by atoms with Gasteiger partial charge in [-0.05, 0) is 26.8 Å². The molecule has 0 spiro atoms. The van der Waals surface area contributed by atoms with Crippen molar-refractivity contribution in [3.05, 3.63) is 47.9 Å². The van der Waals surface area contributed by atoms with Crippen molar-refractivity contribution in [2.45, 2.75) is 39.9 Å². The Kier molecular flexibility index (Phi) is 3.70. The summed E-state index contributed by atoms with van der Waals surface area (Å²) in [7, 11) is 0. The van der Waals surface area contributed by atoms with Crippen LogP contribution in [0, 0.1) is 13.8 Å². The van der Waals surface area contributed by atoms with Gasteiger partial charge in [0, 0.05) is 30.7 Å².